The van der Waals surface area contributed by atoms with Crippen LogP contribution in [0.1, 0.15) is 0 Å². The highest BCUT2D eigenvalue weighted by Crippen LogP contribution is 2.41. The molecule has 0 N–H and O–H groups in total. The Bertz CT molecular complexity index is 751. The Labute approximate surface area is 142 Å². The molecule has 9 heteroatoms. The van der Waals surface area contributed by atoms with Crippen LogP contribution in [0.5, 0.6) is 0 Å². The highest BCUT2D eigenvalue weighted by Gasteiger charge is 2.49. The maximum atomic E-state index is 11.9. The summed E-state index contributed by atoms with van der Waals surface area (Å²) in [5.41, 5.74) is 0.728. The average Bonchev–Trinajstić information content (AvgIpc) is 2.89. The molecule has 118 valence electrons. The van der Waals surface area contributed by atoms with E-state index >= 15 is 0 Å². The van der Waals surface area contributed by atoms with E-state index in [1.54, 1.807) is 23.1 Å². The van der Waals surface area contributed by atoms with E-state index in [4.69, 9.17) is 23.2 Å². The van der Waals surface area contributed by atoms with Gasteiger partial charge in [0.25, 0.3) is 5.91 Å². The summed E-state index contributed by atoms with van der Waals surface area (Å²) < 4.78 is 23.8. The normalized spacial score (nSPS) is 28.1. The van der Waals surface area contributed by atoms with Gasteiger partial charge < -0.3 is 4.90 Å². The van der Waals surface area contributed by atoms with Gasteiger partial charge in [-0.3, -0.25) is 4.79 Å². The maximum absolute atomic E-state index is 11.9. The second-order valence-electron chi connectivity index (χ2n) is 5.07. The second-order valence-corrected chi connectivity index (χ2v) is 9.14. The molecular weight excluding hydrogens is 367 g/mol. The van der Waals surface area contributed by atoms with E-state index in [0.717, 1.165) is 5.69 Å². The van der Waals surface area contributed by atoms with E-state index in [-0.39, 0.29) is 28.7 Å². The van der Waals surface area contributed by atoms with Gasteiger partial charge in [0.15, 0.2) is 15.0 Å². The summed E-state index contributed by atoms with van der Waals surface area (Å²) in [6, 6.07) is 6.82. The maximum Gasteiger partial charge on any atom is 0.262 e. The van der Waals surface area contributed by atoms with Gasteiger partial charge in [-0.2, -0.15) is 4.99 Å². The Morgan fingerprint density at radius 1 is 1.41 bits per heavy atom. The van der Waals surface area contributed by atoms with E-state index < -0.39 is 15.7 Å². The van der Waals surface area contributed by atoms with E-state index in [1.165, 1.54) is 11.8 Å². The molecule has 2 atom stereocenters. The Morgan fingerprint density at radius 2 is 2.18 bits per heavy atom. The molecule has 3 rings (SSSR count). The Morgan fingerprint density at radius 3 is 2.86 bits per heavy atom. The summed E-state index contributed by atoms with van der Waals surface area (Å²) in [6.45, 7) is 0. The van der Waals surface area contributed by atoms with Crippen LogP contribution >= 0.6 is 35.0 Å². The highest BCUT2D eigenvalue weighted by atomic mass is 35.5. The molecule has 22 heavy (non-hydrogen) atoms. The quantitative estimate of drug-likeness (QED) is 0.737. The van der Waals surface area contributed by atoms with Crippen molar-refractivity contribution >= 4 is 61.6 Å². The molecule has 2 saturated heterocycles. The predicted molar refractivity (Wildman–Crippen MR) is 90.9 cm³/mol. The van der Waals surface area contributed by atoms with Gasteiger partial charge in [-0.15, -0.1) is 11.6 Å². The van der Waals surface area contributed by atoms with Crippen LogP contribution in [0.3, 0.4) is 0 Å². The molecule has 0 spiro atoms. The number of benzene rings is 1. The number of amidine groups is 1. The number of fused-ring (bicyclic) bond motifs is 1. The molecule has 0 aliphatic carbocycles. The first kappa shape index (κ1) is 16.1. The third-order valence-corrected chi connectivity index (χ3v) is 7.16. The van der Waals surface area contributed by atoms with Crippen LogP contribution in [-0.2, 0) is 14.6 Å². The van der Waals surface area contributed by atoms with Crippen LogP contribution < -0.4 is 4.90 Å². The Kier molecular flexibility index (Phi) is 4.42. The summed E-state index contributed by atoms with van der Waals surface area (Å²) in [7, 11) is -3.08. The Balaban J connectivity index is 2.03. The van der Waals surface area contributed by atoms with Crippen LogP contribution in [0, 0.1) is 0 Å². The summed E-state index contributed by atoms with van der Waals surface area (Å²) in [5, 5.41) is 0.887. The first-order valence-electron chi connectivity index (χ1n) is 6.49. The minimum atomic E-state index is -3.08. The number of nitrogens with zero attached hydrogens (tertiary/aromatic N) is 2. The van der Waals surface area contributed by atoms with Crippen LogP contribution in [0.2, 0.25) is 5.02 Å². The number of sulfone groups is 1. The van der Waals surface area contributed by atoms with Gasteiger partial charge in [-0.05, 0) is 18.2 Å². The number of hydrogen-bond donors (Lipinski definition) is 0. The molecule has 0 unspecified atom stereocenters. The monoisotopic (exact) mass is 378 g/mol. The molecule has 1 amide bonds. The molecule has 2 fully saturated rings. The number of hydrogen-bond acceptors (Lipinski definition) is 4. The number of anilines is 1. The third kappa shape index (κ3) is 3.13. The molecule has 1 aromatic carbocycles. The summed E-state index contributed by atoms with van der Waals surface area (Å²) in [6.07, 6.45) is 0. The fraction of sp³-hybridized carbons (Fsp3) is 0.385. The predicted octanol–water partition coefficient (Wildman–Crippen LogP) is 2.18. The minimum Gasteiger partial charge on any atom is -0.316 e. The zero-order valence-electron chi connectivity index (χ0n) is 11.3. The lowest BCUT2D eigenvalue weighted by Gasteiger charge is -2.24. The van der Waals surface area contributed by atoms with Crippen molar-refractivity contribution in [1.82, 2.24) is 0 Å². The topological polar surface area (TPSA) is 66.8 Å². The number of amides is 1. The molecule has 0 aromatic heterocycles. The molecule has 5 nitrogen and oxygen atoms in total. The molecule has 0 radical (unpaired) electrons. The largest absolute Gasteiger partial charge is 0.316 e. The van der Waals surface area contributed by atoms with Crippen molar-refractivity contribution in [3.63, 3.8) is 0 Å². The van der Waals surface area contributed by atoms with Gasteiger partial charge in [0, 0.05) is 16.0 Å². The van der Waals surface area contributed by atoms with Gasteiger partial charge in [0.1, 0.15) is 5.88 Å². The molecule has 2 aliphatic rings. The Hall–Kier alpha value is -0.760. The first-order valence-corrected chi connectivity index (χ1v) is 10.1. The molecule has 0 saturated carbocycles. The molecule has 0 bridgehead atoms. The van der Waals surface area contributed by atoms with Crippen LogP contribution in [-0.4, -0.2) is 48.2 Å². The highest BCUT2D eigenvalue weighted by molar-refractivity contribution is 8.16. The number of halogens is 2. The standard InChI is InChI=1S/C13H12Cl2N2O3S2/c14-5-12(18)16-13-17(9-3-1-2-8(15)4-9)10-6-22(19,20)7-11(10)21-13/h1-4,10-11H,5-7H2/t10-,11+/m0/s1. The summed E-state index contributed by atoms with van der Waals surface area (Å²) >= 11 is 12.8. The van der Waals surface area contributed by atoms with Crippen LogP contribution in [0.4, 0.5) is 5.69 Å². The van der Waals surface area contributed by atoms with Gasteiger partial charge in [-0.1, -0.05) is 29.4 Å². The SMILES string of the molecule is O=C(CCl)N=C1S[C@@H]2CS(=O)(=O)C[C@@H]2N1c1cccc(Cl)c1. The van der Waals surface area contributed by atoms with Crippen LogP contribution in [0.15, 0.2) is 29.3 Å². The summed E-state index contributed by atoms with van der Waals surface area (Å²) in [5.74, 6) is -0.515. The first-order chi connectivity index (χ1) is 10.4. The number of aliphatic imine (C=N–C) groups is 1. The average molecular weight is 379 g/mol. The van der Waals surface area contributed by atoms with E-state index in [2.05, 4.69) is 4.99 Å². The van der Waals surface area contributed by atoms with Gasteiger partial charge in [0.2, 0.25) is 0 Å². The fourth-order valence-corrected chi connectivity index (χ4v) is 6.80. The van der Waals surface area contributed by atoms with Crippen molar-refractivity contribution in [3.05, 3.63) is 29.3 Å². The molecule has 2 aliphatic heterocycles. The number of carbonyl (C=O) groups excluding carboxylic acids is 1. The number of carbonyl (C=O) groups is 1. The van der Waals surface area contributed by atoms with E-state index in [9.17, 15) is 13.2 Å². The molecule has 1 aromatic rings. The second kappa shape index (κ2) is 6.03. The van der Waals surface area contributed by atoms with Crippen molar-refractivity contribution in [2.45, 2.75) is 11.3 Å². The van der Waals surface area contributed by atoms with E-state index in [1.807, 2.05) is 6.07 Å². The van der Waals surface area contributed by atoms with Crippen molar-refractivity contribution < 1.29 is 13.2 Å². The summed E-state index contributed by atoms with van der Waals surface area (Å²) in [4.78, 5) is 17.4. The number of thioether (sulfide) groups is 1. The van der Waals surface area contributed by atoms with Crippen molar-refractivity contribution in [2.75, 3.05) is 22.3 Å². The zero-order chi connectivity index (χ0) is 15.9. The lowest BCUT2D eigenvalue weighted by atomic mass is 10.2. The third-order valence-electron chi connectivity index (χ3n) is 3.49. The zero-order valence-corrected chi connectivity index (χ0v) is 14.4. The molecule has 2 heterocycles. The van der Waals surface area contributed by atoms with E-state index in [0.29, 0.717) is 10.2 Å². The molecular formula is C13H12Cl2N2O3S2. The minimum absolute atomic E-state index is 0.0469. The smallest absolute Gasteiger partial charge is 0.262 e. The van der Waals surface area contributed by atoms with Gasteiger partial charge in [0.05, 0.1) is 17.5 Å². The van der Waals surface area contributed by atoms with Crippen molar-refractivity contribution in [2.24, 2.45) is 4.99 Å². The number of rotatable bonds is 2. The lowest BCUT2D eigenvalue weighted by Crippen LogP contribution is -2.37. The van der Waals surface area contributed by atoms with Crippen molar-refractivity contribution in [3.8, 4) is 0 Å². The van der Waals surface area contributed by atoms with Crippen molar-refractivity contribution in [1.29, 1.82) is 0 Å². The van der Waals surface area contributed by atoms with Gasteiger partial charge >= 0.3 is 0 Å². The number of alkyl halides is 1. The van der Waals surface area contributed by atoms with Crippen LogP contribution in [0.25, 0.3) is 0 Å². The van der Waals surface area contributed by atoms with Gasteiger partial charge in [-0.25, -0.2) is 8.42 Å². The fourth-order valence-electron chi connectivity index (χ4n) is 2.63. The lowest BCUT2D eigenvalue weighted by molar-refractivity contribution is -0.115.